The summed E-state index contributed by atoms with van der Waals surface area (Å²) in [4.78, 5) is 2.15. The summed E-state index contributed by atoms with van der Waals surface area (Å²) in [6.45, 7) is 0. The molecule has 1 fully saturated rings. The van der Waals surface area contributed by atoms with Gasteiger partial charge in [0.15, 0.2) is 0 Å². The van der Waals surface area contributed by atoms with Crippen molar-refractivity contribution in [3.63, 3.8) is 0 Å². The molecule has 0 saturated heterocycles. The molecular formula is C9H9BrS. The second kappa shape index (κ2) is 3.20. The second-order valence-electron chi connectivity index (χ2n) is 2.72. The molecule has 1 aliphatic rings. The number of alkyl halides is 1. The van der Waals surface area contributed by atoms with Crippen molar-refractivity contribution in [2.75, 3.05) is 0 Å². The van der Waals surface area contributed by atoms with Crippen LogP contribution in [0.3, 0.4) is 0 Å². The van der Waals surface area contributed by atoms with Crippen molar-refractivity contribution in [1.82, 2.24) is 0 Å². The first-order valence-corrected chi connectivity index (χ1v) is 5.51. The van der Waals surface area contributed by atoms with Crippen LogP contribution >= 0.6 is 27.7 Å². The number of thioether (sulfide) groups is 1. The van der Waals surface area contributed by atoms with Gasteiger partial charge in [0.25, 0.3) is 0 Å². The van der Waals surface area contributed by atoms with Gasteiger partial charge in [-0.3, -0.25) is 0 Å². The summed E-state index contributed by atoms with van der Waals surface area (Å²) in [5, 5.41) is 0.817. The smallest absolute Gasteiger partial charge is 0.0279 e. The topological polar surface area (TPSA) is 0 Å². The van der Waals surface area contributed by atoms with Gasteiger partial charge in [0.1, 0.15) is 0 Å². The van der Waals surface area contributed by atoms with E-state index in [1.54, 1.807) is 0 Å². The normalized spacial score (nSPS) is 28.5. The number of benzene rings is 1. The Morgan fingerprint density at radius 3 is 2.45 bits per heavy atom. The molecule has 1 aromatic carbocycles. The number of hydrogen-bond acceptors (Lipinski definition) is 1. The minimum atomic E-state index is 0.757. The molecule has 1 aliphatic carbocycles. The van der Waals surface area contributed by atoms with Crippen molar-refractivity contribution in [1.29, 1.82) is 0 Å². The molecule has 0 amide bonds. The standard InChI is InChI=1S/C9H9BrS/c10-8-6-9(8)11-7-4-2-1-3-5-7/h1-5,8-9H,6H2/t8-,9+/m0/s1. The van der Waals surface area contributed by atoms with Gasteiger partial charge in [-0.15, -0.1) is 11.8 Å². The quantitative estimate of drug-likeness (QED) is 0.701. The maximum atomic E-state index is 3.59. The molecule has 2 heteroatoms. The van der Waals surface area contributed by atoms with Crippen LogP contribution in [0.1, 0.15) is 6.42 Å². The third-order valence-corrected chi connectivity index (χ3v) is 4.42. The van der Waals surface area contributed by atoms with Crippen molar-refractivity contribution in [3.05, 3.63) is 30.3 Å². The molecule has 0 heterocycles. The molecule has 0 aliphatic heterocycles. The number of hydrogen-bond donors (Lipinski definition) is 0. The largest absolute Gasteiger partial charge is 0.122 e. The van der Waals surface area contributed by atoms with Crippen LogP contribution in [0.4, 0.5) is 0 Å². The molecule has 0 unspecified atom stereocenters. The van der Waals surface area contributed by atoms with Gasteiger partial charge in [0, 0.05) is 15.0 Å². The van der Waals surface area contributed by atoms with Crippen molar-refractivity contribution in [2.45, 2.75) is 21.4 Å². The molecule has 0 bridgehead atoms. The Morgan fingerprint density at radius 1 is 1.27 bits per heavy atom. The summed E-state index contributed by atoms with van der Waals surface area (Å²) < 4.78 is 0. The first-order valence-electron chi connectivity index (χ1n) is 3.72. The summed E-state index contributed by atoms with van der Waals surface area (Å²) in [5.74, 6) is 0. The van der Waals surface area contributed by atoms with Crippen molar-refractivity contribution in [3.8, 4) is 0 Å². The predicted octanol–water partition coefficient (Wildman–Crippen LogP) is 3.31. The highest BCUT2D eigenvalue weighted by molar-refractivity contribution is 9.09. The highest BCUT2D eigenvalue weighted by atomic mass is 79.9. The third kappa shape index (κ3) is 2.00. The zero-order valence-corrected chi connectivity index (χ0v) is 8.44. The Kier molecular flexibility index (Phi) is 2.23. The predicted molar refractivity (Wildman–Crippen MR) is 53.4 cm³/mol. The fourth-order valence-corrected chi connectivity index (χ4v) is 3.03. The monoisotopic (exact) mass is 228 g/mol. The van der Waals surface area contributed by atoms with Crippen molar-refractivity contribution < 1.29 is 0 Å². The Balaban J connectivity index is 1.97. The molecule has 11 heavy (non-hydrogen) atoms. The lowest BCUT2D eigenvalue weighted by atomic mass is 10.4. The summed E-state index contributed by atoms with van der Waals surface area (Å²) in [7, 11) is 0. The number of rotatable bonds is 2. The minimum Gasteiger partial charge on any atom is -0.122 e. The van der Waals surface area contributed by atoms with Crippen LogP contribution in [0.15, 0.2) is 35.2 Å². The van der Waals surface area contributed by atoms with E-state index in [2.05, 4.69) is 46.3 Å². The number of halogens is 1. The van der Waals surface area contributed by atoms with Crippen LogP contribution in [-0.4, -0.2) is 10.1 Å². The van der Waals surface area contributed by atoms with Crippen LogP contribution < -0.4 is 0 Å². The van der Waals surface area contributed by atoms with Crippen LogP contribution in [0.25, 0.3) is 0 Å². The van der Waals surface area contributed by atoms with E-state index in [-0.39, 0.29) is 0 Å². The summed E-state index contributed by atoms with van der Waals surface area (Å²) >= 11 is 5.56. The minimum absolute atomic E-state index is 0.757. The summed E-state index contributed by atoms with van der Waals surface area (Å²) in [6, 6.07) is 10.6. The lowest BCUT2D eigenvalue weighted by molar-refractivity contribution is 1.42. The van der Waals surface area contributed by atoms with E-state index in [1.165, 1.54) is 11.3 Å². The zero-order valence-electron chi connectivity index (χ0n) is 6.03. The molecule has 1 aromatic rings. The van der Waals surface area contributed by atoms with Crippen molar-refractivity contribution >= 4 is 27.7 Å². The zero-order chi connectivity index (χ0) is 7.68. The van der Waals surface area contributed by atoms with Gasteiger partial charge >= 0.3 is 0 Å². The first kappa shape index (κ1) is 7.69. The van der Waals surface area contributed by atoms with E-state index in [9.17, 15) is 0 Å². The Hall–Kier alpha value is 0.0500. The Bertz CT molecular complexity index is 235. The molecule has 0 aromatic heterocycles. The highest BCUT2D eigenvalue weighted by Crippen LogP contribution is 2.44. The van der Waals surface area contributed by atoms with Gasteiger partial charge in [-0.2, -0.15) is 0 Å². The first-order chi connectivity index (χ1) is 5.36. The van der Waals surface area contributed by atoms with E-state index in [0.29, 0.717) is 0 Å². The fourth-order valence-electron chi connectivity index (χ4n) is 0.939. The maximum absolute atomic E-state index is 3.59. The van der Waals surface area contributed by atoms with Crippen molar-refractivity contribution in [2.24, 2.45) is 0 Å². The molecule has 2 rings (SSSR count). The Morgan fingerprint density at radius 2 is 1.91 bits per heavy atom. The van der Waals surface area contributed by atoms with Crippen LogP contribution in [-0.2, 0) is 0 Å². The van der Waals surface area contributed by atoms with E-state index in [4.69, 9.17) is 0 Å². The van der Waals surface area contributed by atoms with Crippen LogP contribution in [0, 0.1) is 0 Å². The molecule has 58 valence electrons. The van der Waals surface area contributed by atoms with Crippen LogP contribution in [0.5, 0.6) is 0 Å². The van der Waals surface area contributed by atoms with E-state index in [0.717, 1.165) is 10.1 Å². The van der Waals surface area contributed by atoms with Gasteiger partial charge in [-0.05, 0) is 18.6 Å². The second-order valence-corrected chi connectivity index (χ2v) is 5.21. The lowest BCUT2D eigenvalue weighted by Gasteiger charge is -1.96. The molecule has 0 spiro atoms. The van der Waals surface area contributed by atoms with E-state index < -0.39 is 0 Å². The van der Waals surface area contributed by atoms with E-state index >= 15 is 0 Å². The summed E-state index contributed by atoms with van der Waals surface area (Å²) in [5.41, 5.74) is 0. The molecule has 1 saturated carbocycles. The molecule has 0 N–H and O–H groups in total. The fraction of sp³-hybridized carbons (Fsp3) is 0.333. The average Bonchev–Trinajstić information content (AvgIpc) is 2.69. The van der Waals surface area contributed by atoms with Gasteiger partial charge in [-0.25, -0.2) is 0 Å². The molecule has 0 radical (unpaired) electrons. The van der Waals surface area contributed by atoms with Crippen LogP contribution in [0.2, 0.25) is 0 Å². The highest BCUT2D eigenvalue weighted by Gasteiger charge is 2.35. The Labute approximate surface area is 79.5 Å². The lowest BCUT2D eigenvalue weighted by Crippen LogP contribution is -1.77. The van der Waals surface area contributed by atoms with Gasteiger partial charge < -0.3 is 0 Å². The third-order valence-electron chi connectivity index (χ3n) is 1.69. The molecule has 0 nitrogen and oxygen atoms in total. The summed E-state index contributed by atoms with van der Waals surface area (Å²) in [6.07, 6.45) is 1.32. The van der Waals surface area contributed by atoms with E-state index in [1.807, 2.05) is 11.8 Å². The SMILES string of the molecule is Br[C@H]1C[C@H]1Sc1ccccc1. The van der Waals surface area contributed by atoms with Gasteiger partial charge in [0.2, 0.25) is 0 Å². The van der Waals surface area contributed by atoms with Gasteiger partial charge in [0.05, 0.1) is 0 Å². The maximum Gasteiger partial charge on any atom is 0.0279 e. The average molecular weight is 229 g/mol. The molecular weight excluding hydrogens is 220 g/mol. The van der Waals surface area contributed by atoms with Gasteiger partial charge in [-0.1, -0.05) is 34.1 Å². The molecule has 2 atom stereocenters.